The fraction of sp³-hybridized carbons (Fsp3) is 0.333. The van der Waals surface area contributed by atoms with Crippen molar-refractivity contribution in [2.45, 2.75) is 25.5 Å². The van der Waals surface area contributed by atoms with Crippen LogP contribution < -0.4 is 10.1 Å². The van der Waals surface area contributed by atoms with Gasteiger partial charge in [0.15, 0.2) is 0 Å². The molecule has 0 saturated carbocycles. The number of ether oxygens (including phenoxy) is 2. The highest BCUT2D eigenvalue weighted by atomic mass is 32.1. The minimum atomic E-state index is -0.960. The van der Waals surface area contributed by atoms with Crippen molar-refractivity contribution in [2.24, 2.45) is 0 Å². The van der Waals surface area contributed by atoms with E-state index in [-0.39, 0.29) is 23.4 Å². The van der Waals surface area contributed by atoms with Crippen molar-refractivity contribution in [1.82, 2.24) is 5.32 Å². The van der Waals surface area contributed by atoms with Gasteiger partial charge in [-0.25, -0.2) is 4.79 Å². The molecule has 1 amide bonds. The molecule has 25 heavy (non-hydrogen) atoms. The molecule has 1 fully saturated rings. The number of carbonyl (C=O) groups is 2. The maximum atomic E-state index is 12.3. The molecule has 3 rings (SSSR count). The average Bonchev–Trinajstić information content (AvgIpc) is 3.30. The van der Waals surface area contributed by atoms with Crippen LogP contribution in [0.25, 0.3) is 0 Å². The molecule has 1 aliphatic heterocycles. The van der Waals surface area contributed by atoms with Crippen LogP contribution in [0, 0.1) is 0 Å². The third-order valence-corrected chi connectivity index (χ3v) is 4.92. The number of aromatic carboxylic acids is 1. The van der Waals surface area contributed by atoms with Gasteiger partial charge in [-0.15, -0.1) is 11.3 Å². The molecule has 1 atom stereocenters. The highest BCUT2D eigenvalue weighted by Gasteiger charge is 2.16. The van der Waals surface area contributed by atoms with Gasteiger partial charge in [-0.05, 0) is 43.2 Å². The number of carboxylic acid groups (broad SMARTS) is 1. The molecule has 6 nitrogen and oxygen atoms in total. The highest BCUT2D eigenvalue weighted by molar-refractivity contribution is 7.13. The number of hydrogen-bond donors (Lipinski definition) is 2. The lowest BCUT2D eigenvalue weighted by molar-refractivity contribution is 0.0679. The summed E-state index contributed by atoms with van der Waals surface area (Å²) in [7, 11) is 0. The Kier molecular flexibility index (Phi) is 5.67. The first-order chi connectivity index (χ1) is 12.1. The lowest BCUT2D eigenvalue weighted by Gasteiger charge is -2.12. The van der Waals surface area contributed by atoms with E-state index >= 15 is 0 Å². The molecule has 2 heterocycles. The van der Waals surface area contributed by atoms with Gasteiger partial charge >= 0.3 is 5.97 Å². The van der Waals surface area contributed by atoms with Crippen molar-refractivity contribution >= 4 is 23.2 Å². The summed E-state index contributed by atoms with van der Waals surface area (Å²) in [6.07, 6.45) is 2.18. The number of benzene rings is 1. The smallest absolute Gasteiger partial charge is 0.345 e. The molecule has 7 heteroatoms. The Balaban J connectivity index is 1.54. The van der Waals surface area contributed by atoms with Crippen LogP contribution in [0.5, 0.6) is 5.75 Å². The molecule has 1 aromatic heterocycles. The van der Waals surface area contributed by atoms with Crippen LogP contribution in [0.4, 0.5) is 0 Å². The zero-order valence-corrected chi connectivity index (χ0v) is 14.4. The first kappa shape index (κ1) is 17.4. The van der Waals surface area contributed by atoms with Gasteiger partial charge in [0.2, 0.25) is 0 Å². The van der Waals surface area contributed by atoms with Crippen LogP contribution >= 0.6 is 11.3 Å². The molecule has 1 saturated heterocycles. The second-order valence-corrected chi connectivity index (χ2v) is 6.90. The summed E-state index contributed by atoms with van der Waals surface area (Å²) in [5.41, 5.74) is 0.500. The molecule has 1 aliphatic rings. The largest absolute Gasteiger partial charge is 0.491 e. The highest BCUT2D eigenvalue weighted by Crippen LogP contribution is 2.18. The molecule has 132 valence electrons. The van der Waals surface area contributed by atoms with Crippen LogP contribution in [0.3, 0.4) is 0 Å². The van der Waals surface area contributed by atoms with Crippen molar-refractivity contribution in [3.05, 3.63) is 51.7 Å². The first-order valence-corrected chi connectivity index (χ1v) is 8.88. The van der Waals surface area contributed by atoms with Gasteiger partial charge in [0.25, 0.3) is 5.91 Å². The Morgan fingerprint density at radius 3 is 2.92 bits per heavy atom. The summed E-state index contributed by atoms with van der Waals surface area (Å²) in [6, 6.07) is 10.2. The number of rotatable bonds is 7. The van der Waals surface area contributed by atoms with Crippen LogP contribution in [0.2, 0.25) is 0 Å². The minimum absolute atomic E-state index is 0.125. The van der Waals surface area contributed by atoms with Crippen molar-refractivity contribution in [3.63, 3.8) is 0 Å². The van der Waals surface area contributed by atoms with Crippen molar-refractivity contribution in [1.29, 1.82) is 0 Å². The SMILES string of the molecule is O=C(NCc1ccc(C(=O)O)s1)c1cccc(OCC2CCCO2)c1. The van der Waals surface area contributed by atoms with E-state index in [0.29, 0.717) is 17.9 Å². The monoisotopic (exact) mass is 361 g/mol. The van der Waals surface area contributed by atoms with Crippen LogP contribution in [-0.2, 0) is 11.3 Å². The Labute approximate surface area is 149 Å². The average molecular weight is 361 g/mol. The third-order valence-electron chi connectivity index (χ3n) is 3.85. The Bertz CT molecular complexity index is 751. The van der Waals surface area contributed by atoms with E-state index in [9.17, 15) is 9.59 Å². The second kappa shape index (κ2) is 8.13. The molecular formula is C18H19NO5S. The van der Waals surface area contributed by atoms with E-state index in [1.165, 1.54) is 6.07 Å². The Hall–Kier alpha value is -2.38. The van der Waals surface area contributed by atoms with E-state index in [1.54, 1.807) is 24.3 Å². The summed E-state index contributed by atoms with van der Waals surface area (Å²) in [5, 5.41) is 11.7. The summed E-state index contributed by atoms with van der Waals surface area (Å²) in [5.74, 6) is -0.557. The first-order valence-electron chi connectivity index (χ1n) is 8.06. The number of amides is 1. The van der Waals surface area contributed by atoms with E-state index in [2.05, 4.69) is 5.32 Å². The summed E-state index contributed by atoms with van der Waals surface area (Å²) in [4.78, 5) is 24.2. The number of carbonyl (C=O) groups excluding carboxylic acids is 1. The molecule has 0 spiro atoms. The molecule has 0 aliphatic carbocycles. The number of thiophene rings is 1. The van der Waals surface area contributed by atoms with Gasteiger partial charge in [-0.3, -0.25) is 4.79 Å². The van der Waals surface area contributed by atoms with E-state index in [4.69, 9.17) is 14.6 Å². The molecule has 2 N–H and O–H groups in total. The topological polar surface area (TPSA) is 84.9 Å². The molecule has 1 aromatic carbocycles. The van der Waals surface area contributed by atoms with Crippen LogP contribution in [-0.4, -0.2) is 36.3 Å². The van der Waals surface area contributed by atoms with Gasteiger partial charge in [0, 0.05) is 17.0 Å². The van der Waals surface area contributed by atoms with Crippen LogP contribution in [0.15, 0.2) is 36.4 Å². The predicted molar refractivity (Wildman–Crippen MR) is 93.4 cm³/mol. The molecule has 0 bridgehead atoms. The number of hydrogen-bond acceptors (Lipinski definition) is 5. The molecule has 0 radical (unpaired) electrons. The zero-order chi connectivity index (χ0) is 17.6. The summed E-state index contributed by atoms with van der Waals surface area (Å²) in [6.45, 7) is 1.55. The van der Waals surface area contributed by atoms with E-state index < -0.39 is 5.97 Å². The lowest BCUT2D eigenvalue weighted by Crippen LogP contribution is -2.22. The van der Waals surface area contributed by atoms with Crippen molar-refractivity contribution in [3.8, 4) is 5.75 Å². The molecular weight excluding hydrogens is 342 g/mol. The van der Waals surface area contributed by atoms with Gasteiger partial charge < -0.3 is 19.9 Å². The van der Waals surface area contributed by atoms with E-state index in [0.717, 1.165) is 35.7 Å². The molecule has 2 aromatic rings. The maximum Gasteiger partial charge on any atom is 0.345 e. The Morgan fingerprint density at radius 1 is 1.32 bits per heavy atom. The second-order valence-electron chi connectivity index (χ2n) is 5.73. The zero-order valence-electron chi connectivity index (χ0n) is 13.6. The molecule has 1 unspecified atom stereocenters. The van der Waals surface area contributed by atoms with E-state index in [1.807, 2.05) is 6.07 Å². The number of nitrogens with one attached hydrogen (secondary N) is 1. The predicted octanol–water partition coefficient (Wildman–Crippen LogP) is 2.93. The van der Waals surface area contributed by atoms with Crippen molar-refractivity contribution in [2.75, 3.05) is 13.2 Å². The minimum Gasteiger partial charge on any atom is -0.491 e. The third kappa shape index (κ3) is 4.80. The quantitative estimate of drug-likeness (QED) is 0.792. The van der Waals surface area contributed by atoms with Crippen LogP contribution in [0.1, 0.15) is 37.7 Å². The fourth-order valence-corrected chi connectivity index (χ4v) is 3.34. The number of carboxylic acids is 1. The summed E-state index contributed by atoms with van der Waals surface area (Å²) < 4.78 is 11.2. The van der Waals surface area contributed by atoms with Gasteiger partial charge in [0.05, 0.1) is 12.6 Å². The maximum absolute atomic E-state index is 12.3. The van der Waals surface area contributed by atoms with Gasteiger partial charge in [0.1, 0.15) is 17.2 Å². The Morgan fingerprint density at radius 2 is 2.20 bits per heavy atom. The van der Waals surface area contributed by atoms with Gasteiger partial charge in [-0.2, -0.15) is 0 Å². The van der Waals surface area contributed by atoms with Crippen molar-refractivity contribution < 1.29 is 24.2 Å². The normalized spacial score (nSPS) is 16.6. The fourth-order valence-electron chi connectivity index (χ4n) is 2.55. The summed E-state index contributed by atoms with van der Waals surface area (Å²) >= 11 is 1.15. The lowest BCUT2D eigenvalue weighted by atomic mass is 10.2. The van der Waals surface area contributed by atoms with Gasteiger partial charge in [-0.1, -0.05) is 6.07 Å². The standard InChI is InChI=1S/C18H19NO5S/c20-17(19-10-15-6-7-16(25-15)18(21)22)12-3-1-4-13(9-12)24-11-14-5-2-8-23-14/h1,3-4,6-7,9,14H,2,5,8,10-11H2,(H,19,20)(H,21,22).